The molecule has 314 valence electrons. The number of furan rings is 1. The third-order valence-corrected chi connectivity index (χ3v) is 14.9. The molecule has 0 fully saturated rings. The first-order valence-corrected chi connectivity index (χ1v) is 23.1. The van der Waals surface area contributed by atoms with Crippen LogP contribution in [0.25, 0.3) is 33.1 Å². The Bertz CT molecular complexity index is 3150. The van der Waals surface area contributed by atoms with Crippen LogP contribution in [0.3, 0.4) is 0 Å². The summed E-state index contributed by atoms with van der Waals surface area (Å²) in [5.74, 6) is 0. The van der Waals surface area contributed by atoms with Gasteiger partial charge in [0.05, 0.1) is 0 Å². The summed E-state index contributed by atoms with van der Waals surface area (Å²) in [6, 6.07) is 51.0. The van der Waals surface area contributed by atoms with Gasteiger partial charge in [-0.25, -0.2) is 0 Å². The summed E-state index contributed by atoms with van der Waals surface area (Å²) >= 11 is 0. The highest BCUT2D eigenvalue weighted by Crippen LogP contribution is 2.51. The van der Waals surface area contributed by atoms with E-state index in [1.54, 1.807) is 0 Å². The minimum absolute atomic E-state index is 0.0248. The van der Waals surface area contributed by atoms with Gasteiger partial charge in [0.15, 0.2) is 0 Å². The van der Waals surface area contributed by atoms with Crippen LogP contribution in [0.1, 0.15) is 110 Å². The summed E-state index contributed by atoms with van der Waals surface area (Å²) in [7, 11) is 0. The molecule has 0 saturated carbocycles. The molecule has 1 aromatic heterocycles. The highest BCUT2D eigenvalue weighted by atomic mass is 16.3. The van der Waals surface area contributed by atoms with E-state index in [2.05, 4.69) is 213 Å². The van der Waals surface area contributed by atoms with E-state index in [4.69, 9.17) is 4.42 Å². The molecular formula is C59H59BN2O. The predicted molar refractivity (Wildman–Crippen MR) is 271 cm³/mol. The summed E-state index contributed by atoms with van der Waals surface area (Å²) in [5, 5.41) is 2.30. The molecule has 3 heterocycles. The molecule has 1 aliphatic carbocycles. The van der Waals surface area contributed by atoms with Crippen LogP contribution in [-0.2, 0) is 21.7 Å². The highest BCUT2D eigenvalue weighted by molar-refractivity contribution is 7.00. The fraction of sp³-hybridized carbons (Fsp3) is 0.288. The first kappa shape index (κ1) is 39.8. The van der Waals surface area contributed by atoms with Crippen LogP contribution < -0.4 is 26.2 Å². The average Bonchev–Trinajstić information content (AvgIpc) is 3.63. The molecular weight excluding hydrogens is 763 g/mol. The lowest BCUT2D eigenvalue weighted by Crippen LogP contribution is -2.62. The minimum atomic E-state index is -0.0248. The van der Waals surface area contributed by atoms with Crippen LogP contribution in [0.4, 0.5) is 34.1 Å². The second-order valence-electron chi connectivity index (χ2n) is 22.2. The van der Waals surface area contributed by atoms with Gasteiger partial charge in [-0.2, -0.15) is 0 Å². The number of para-hydroxylation sites is 2. The van der Waals surface area contributed by atoms with Gasteiger partial charge in [0.1, 0.15) is 11.2 Å². The van der Waals surface area contributed by atoms with Crippen molar-refractivity contribution in [2.24, 2.45) is 0 Å². The Morgan fingerprint density at radius 2 is 1.08 bits per heavy atom. The molecule has 0 bridgehead atoms. The minimum Gasteiger partial charge on any atom is -0.455 e. The molecule has 0 N–H and O–H groups in total. The molecule has 0 unspecified atom stereocenters. The number of aryl methyl sites for hydroxylation is 1. The zero-order valence-corrected chi connectivity index (χ0v) is 39.0. The van der Waals surface area contributed by atoms with E-state index in [1.807, 2.05) is 6.07 Å². The summed E-state index contributed by atoms with van der Waals surface area (Å²) in [6.07, 6.45) is 2.35. The number of hydrogen-bond acceptors (Lipinski definition) is 3. The summed E-state index contributed by atoms with van der Waals surface area (Å²) in [5.41, 5.74) is 22.8. The third-order valence-electron chi connectivity index (χ3n) is 14.9. The largest absolute Gasteiger partial charge is 0.455 e. The monoisotopic (exact) mass is 822 g/mol. The number of benzene rings is 7. The van der Waals surface area contributed by atoms with Gasteiger partial charge in [-0.15, -0.1) is 0 Å². The number of nitrogens with zero attached hydrogens (tertiary/aromatic N) is 2. The van der Waals surface area contributed by atoms with Crippen molar-refractivity contribution in [1.29, 1.82) is 0 Å². The summed E-state index contributed by atoms with van der Waals surface area (Å²) in [6.45, 7) is 26.1. The van der Waals surface area contributed by atoms with E-state index in [9.17, 15) is 0 Å². The lowest BCUT2D eigenvalue weighted by atomic mass is 9.33. The molecule has 4 heteroatoms. The predicted octanol–water partition coefficient (Wildman–Crippen LogP) is 14.6. The number of fused-ring (bicyclic) bond motifs is 8. The smallest absolute Gasteiger partial charge is 0.252 e. The Balaban J connectivity index is 1.16. The quantitative estimate of drug-likeness (QED) is 0.166. The highest BCUT2D eigenvalue weighted by Gasteiger charge is 2.46. The van der Waals surface area contributed by atoms with Crippen LogP contribution >= 0.6 is 0 Å². The van der Waals surface area contributed by atoms with E-state index in [0.717, 1.165) is 38.8 Å². The SMILES string of the molecule is Cc1cc2c3c(c1)N(c1ccc(C(C)(C)C)cc1)c1cc4c(cc1B3c1ccc(C(C)(C)C)cc1N2c1ccc(-c2cccc3c2oc2ccccc23)cc1)C(C)(C)CCC4(C)C. The summed E-state index contributed by atoms with van der Waals surface area (Å²) < 4.78 is 6.52. The Hall–Kier alpha value is -6.00. The van der Waals surface area contributed by atoms with Crippen LogP contribution in [0, 0.1) is 6.92 Å². The molecule has 8 aromatic rings. The standard InChI is InChI=1S/C59H59BN2O/c1-36-31-51-54-52(32-36)62(41-26-21-38(22-27-41)56(2,3)4)50-35-46-45(58(8,9)29-30-59(46,10)11)34-48(50)60(54)47-28-23-39(57(5,6)7)33-49(47)61(51)40-24-19-37(20-25-40)42-16-14-17-44-43-15-12-13-18-53(43)63-55(42)44/h12-28,31-35H,29-30H2,1-11H3. The molecule has 3 aliphatic rings. The lowest BCUT2D eigenvalue weighted by Gasteiger charge is -2.47. The van der Waals surface area contributed by atoms with Crippen LogP contribution in [0.2, 0.25) is 0 Å². The molecule has 0 spiro atoms. The van der Waals surface area contributed by atoms with E-state index in [1.165, 1.54) is 85.5 Å². The van der Waals surface area contributed by atoms with Crippen molar-refractivity contribution >= 4 is 79.2 Å². The molecule has 7 aromatic carbocycles. The van der Waals surface area contributed by atoms with E-state index >= 15 is 0 Å². The van der Waals surface area contributed by atoms with Crippen molar-refractivity contribution in [3.63, 3.8) is 0 Å². The lowest BCUT2D eigenvalue weighted by molar-refractivity contribution is 0.332. The van der Waals surface area contributed by atoms with Crippen molar-refractivity contribution in [1.82, 2.24) is 0 Å². The Kier molecular flexibility index (Phi) is 8.54. The fourth-order valence-electron chi connectivity index (χ4n) is 11.1. The number of rotatable bonds is 3. The Morgan fingerprint density at radius 1 is 0.524 bits per heavy atom. The molecule has 2 aliphatic heterocycles. The Labute approximate surface area is 374 Å². The molecule has 0 radical (unpaired) electrons. The Morgan fingerprint density at radius 3 is 1.71 bits per heavy atom. The number of hydrogen-bond donors (Lipinski definition) is 0. The number of anilines is 6. The fourth-order valence-corrected chi connectivity index (χ4v) is 11.1. The van der Waals surface area contributed by atoms with Gasteiger partial charge >= 0.3 is 0 Å². The van der Waals surface area contributed by atoms with Gasteiger partial charge in [0, 0.05) is 50.5 Å². The topological polar surface area (TPSA) is 19.6 Å². The zero-order valence-electron chi connectivity index (χ0n) is 39.0. The van der Waals surface area contributed by atoms with Crippen molar-refractivity contribution < 1.29 is 4.42 Å². The van der Waals surface area contributed by atoms with E-state index < -0.39 is 0 Å². The first-order valence-electron chi connectivity index (χ1n) is 23.1. The second kappa shape index (κ2) is 13.5. The molecule has 0 atom stereocenters. The van der Waals surface area contributed by atoms with Gasteiger partial charge in [-0.1, -0.05) is 148 Å². The van der Waals surface area contributed by atoms with Crippen LogP contribution in [0.5, 0.6) is 0 Å². The molecule has 63 heavy (non-hydrogen) atoms. The van der Waals surface area contributed by atoms with Gasteiger partial charge in [0.25, 0.3) is 6.71 Å². The van der Waals surface area contributed by atoms with E-state index in [0.29, 0.717) is 0 Å². The average molecular weight is 823 g/mol. The maximum Gasteiger partial charge on any atom is 0.252 e. The van der Waals surface area contributed by atoms with Gasteiger partial charge in [-0.05, 0) is 146 Å². The van der Waals surface area contributed by atoms with Crippen LogP contribution in [-0.4, -0.2) is 6.71 Å². The van der Waals surface area contributed by atoms with Gasteiger partial charge in [0.2, 0.25) is 0 Å². The third kappa shape index (κ3) is 6.15. The van der Waals surface area contributed by atoms with Gasteiger partial charge in [-0.3, -0.25) is 0 Å². The second-order valence-corrected chi connectivity index (χ2v) is 22.2. The van der Waals surface area contributed by atoms with E-state index in [-0.39, 0.29) is 28.4 Å². The summed E-state index contributed by atoms with van der Waals surface area (Å²) in [4.78, 5) is 5.17. The molecule has 11 rings (SSSR count). The van der Waals surface area contributed by atoms with Crippen molar-refractivity contribution in [3.8, 4) is 11.1 Å². The van der Waals surface area contributed by atoms with Crippen molar-refractivity contribution in [3.05, 3.63) is 161 Å². The normalized spacial score (nSPS) is 16.2. The zero-order chi connectivity index (χ0) is 44.0. The van der Waals surface area contributed by atoms with Gasteiger partial charge < -0.3 is 14.2 Å². The maximum atomic E-state index is 6.52. The molecule has 3 nitrogen and oxygen atoms in total. The van der Waals surface area contributed by atoms with Crippen LogP contribution in [0.15, 0.2) is 138 Å². The maximum absolute atomic E-state index is 6.52. The first-order chi connectivity index (χ1) is 29.9. The van der Waals surface area contributed by atoms with Crippen molar-refractivity contribution in [2.75, 3.05) is 9.80 Å². The molecule has 0 saturated heterocycles. The molecule has 0 amide bonds. The van der Waals surface area contributed by atoms with Crippen molar-refractivity contribution in [2.45, 2.75) is 111 Å².